The molecule has 3 amide bonds. The molecule has 0 aliphatic heterocycles. The van der Waals surface area contributed by atoms with Gasteiger partial charge in [0.1, 0.15) is 16.7 Å². The van der Waals surface area contributed by atoms with Crippen LogP contribution >= 0.6 is 11.5 Å². The van der Waals surface area contributed by atoms with Crippen LogP contribution in [0.3, 0.4) is 0 Å². The normalized spacial score (nSPS) is 15.2. The summed E-state index contributed by atoms with van der Waals surface area (Å²) in [4.78, 5) is 39.2. The number of anilines is 1. The highest BCUT2D eigenvalue weighted by Crippen LogP contribution is 2.26. The van der Waals surface area contributed by atoms with Crippen LogP contribution in [0.2, 0.25) is 0 Å². The second-order valence-electron chi connectivity index (χ2n) is 7.06. The van der Waals surface area contributed by atoms with Crippen LogP contribution in [0.4, 0.5) is 5.69 Å². The third kappa shape index (κ3) is 4.58. The maximum Gasteiger partial charge on any atom is 0.270 e. The van der Waals surface area contributed by atoms with Crippen LogP contribution in [0.5, 0.6) is 0 Å². The molecule has 1 saturated carbocycles. The van der Waals surface area contributed by atoms with Gasteiger partial charge >= 0.3 is 0 Å². The summed E-state index contributed by atoms with van der Waals surface area (Å²) in [5.74, 6) is -0.972. The number of hydrogen-bond donors (Lipinski definition) is 3. The highest BCUT2D eigenvalue weighted by Gasteiger charge is 2.34. The lowest BCUT2D eigenvalue weighted by Crippen LogP contribution is -2.50. The number of rotatable bonds is 8. The Morgan fingerprint density at radius 2 is 2.10 bits per heavy atom. The fraction of sp³-hybridized carbons (Fsp3) is 0.474. The maximum absolute atomic E-state index is 13.3. The molecule has 1 atom stereocenters. The van der Waals surface area contributed by atoms with Gasteiger partial charge in [-0.3, -0.25) is 14.4 Å². The van der Waals surface area contributed by atoms with Crippen molar-refractivity contribution in [3.05, 3.63) is 34.7 Å². The lowest BCUT2D eigenvalue weighted by atomic mass is 10.1. The van der Waals surface area contributed by atoms with Crippen LogP contribution in [-0.2, 0) is 11.3 Å². The molecule has 0 radical (unpaired) electrons. The van der Waals surface area contributed by atoms with E-state index in [0.717, 1.165) is 37.2 Å². The number of carbonyl (C=O) groups is 3. The van der Waals surface area contributed by atoms with E-state index in [0.29, 0.717) is 12.2 Å². The molecule has 2 heterocycles. The molecule has 5 N–H and O–H groups in total. The molecule has 0 saturated heterocycles. The minimum atomic E-state index is -0.804. The lowest BCUT2D eigenvalue weighted by Gasteiger charge is -2.30. The predicted molar refractivity (Wildman–Crippen MR) is 108 cm³/mol. The molecule has 0 unspecified atom stereocenters. The van der Waals surface area contributed by atoms with Gasteiger partial charge in [-0.2, -0.15) is 4.37 Å². The quantitative estimate of drug-likeness (QED) is 0.596. The predicted octanol–water partition coefficient (Wildman–Crippen LogP) is 1.90. The lowest BCUT2D eigenvalue weighted by molar-refractivity contribution is -0.126. The van der Waals surface area contributed by atoms with Crippen molar-refractivity contribution in [2.75, 3.05) is 5.73 Å². The number of nitrogens with two attached hydrogens (primary N) is 2. The van der Waals surface area contributed by atoms with Crippen LogP contribution in [0.1, 0.15) is 64.9 Å². The van der Waals surface area contributed by atoms with Gasteiger partial charge < -0.3 is 26.1 Å². The molecule has 3 rings (SSSR count). The van der Waals surface area contributed by atoms with Crippen molar-refractivity contribution in [1.29, 1.82) is 0 Å². The van der Waals surface area contributed by atoms with E-state index in [-0.39, 0.29) is 34.8 Å². The van der Waals surface area contributed by atoms with Gasteiger partial charge in [0.2, 0.25) is 5.91 Å². The maximum atomic E-state index is 13.3. The number of nitrogens with zero attached hydrogens (tertiary/aromatic N) is 2. The topological polar surface area (TPSA) is 145 Å². The molecule has 2 aromatic rings. The van der Waals surface area contributed by atoms with E-state index in [2.05, 4.69) is 9.69 Å². The van der Waals surface area contributed by atoms with Gasteiger partial charge in [-0.15, -0.1) is 0 Å². The summed E-state index contributed by atoms with van der Waals surface area (Å²) in [6.07, 6.45) is 5.97. The molecule has 1 aliphatic rings. The number of hydrogen-bond acceptors (Lipinski definition) is 7. The van der Waals surface area contributed by atoms with Crippen LogP contribution in [0.25, 0.3) is 0 Å². The minimum Gasteiger partial charge on any atom is -0.467 e. The molecule has 1 fully saturated rings. The SMILES string of the molecule is CC[C@@H](C(=O)NC1CCCC1)N(Cc1ccco1)C(=O)c1snc(C(N)=O)c1N. The summed E-state index contributed by atoms with van der Waals surface area (Å²) in [6, 6.07) is 2.86. The number of furan rings is 1. The summed E-state index contributed by atoms with van der Waals surface area (Å²) in [5, 5.41) is 3.05. The number of carbonyl (C=O) groups excluding carboxylic acids is 3. The third-order valence-corrected chi connectivity index (χ3v) is 5.94. The Labute approximate surface area is 172 Å². The minimum absolute atomic E-state index is 0.0667. The molecule has 29 heavy (non-hydrogen) atoms. The van der Waals surface area contributed by atoms with Crippen molar-refractivity contribution >= 4 is 34.9 Å². The third-order valence-electron chi connectivity index (χ3n) is 5.09. The van der Waals surface area contributed by atoms with E-state index in [1.165, 1.54) is 11.2 Å². The van der Waals surface area contributed by atoms with Gasteiger partial charge in [-0.25, -0.2) is 0 Å². The molecule has 156 valence electrons. The Kier molecular flexibility index (Phi) is 6.53. The van der Waals surface area contributed by atoms with Gasteiger partial charge in [0.05, 0.1) is 18.5 Å². The number of aromatic nitrogens is 1. The largest absolute Gasteiger partial charge is 0.467 e. The Morgan fingerprint density at radius 1 is 1.38 bits per heavy atom. The van der Waals surface area contributed by atoms with Crippen LogP contribution < -0.4 is 16.8 Å². The first-order valence-corrected chi connectivity index (χ1v) is 10.4. The molecule has 9 nitrogen and oxygen atoms in total. The van der Waals surface area contributed by atoms with Gasteiger partial charge in [0.25, 0.3) is 11.8 Å². The molecule has 1 aliphatic carbocycles. The molecule has 10 heteroatoms. The highest BCUT2D eigenvalue weighted by molar-refractivity contribution is 7.09. The van der Waals surface area contributed by atoms with Gasteiger partial charge in [0.15, 0.2) is 5.69 Å². The van der Waals surface area contributed by atoms with Crippen LogP contribution in [0.15, 0.2) is 22.8 Å². The molecule has 0 bridgehead atoms. The standard InChI is InChI=1S/C19H25N5O4S/c1-2-13(18(26)22-11-6-3-4-7-11)24(10-12-8-5-9-28-12)19(27)16-14(20)15(17(21)25)23-29-16/h5,8-9,11,13H,2-4,6-7,10,20H2,1H3,(H2,21,25)(H,22,26)/t13-/m0/s1. The van der Waals surface area contributed by atoms with Crippen molar-refractivity contribution in [3.8, 4) is 0 Å². The van der Waals surface area contributed by atoms with E-state index in [4.69, 9.17) is 15.9 Å². The Morgan fingerprint density at radius 3 is 2.66 bits per heavy atom. The van der Waals surface area contributed by atoms with E-state index in [1.807, 2.05) is 6.92 Å². The molecule has 0 aromatic carbocycles. The fourth-order valence-electron chi connectivity index (χ4n) is 3.57. The smallest absolute Gasteiger partial charge is 0.270 e. The number of primary amides is 1. The first-order valence-electron chi connectivity index (χ1n) is 9.61. The molecular formula is C19H25N5O4S. The first kappa shape index (κ1) is 20.8. The average molecular weight is 420 g/mol. The summed E-state index contributed by atoms with van der Waals surface area (Å²) in [7, 11) is 0. The summed E-state index contributed by atoms with van der Waals surface area (Å²) in [6.45, 7) is 1.93. The second kappa shape index (κ2) is 9.08. The zero-order chi connectivity index (χ0) is 21.0. The Bertz CT molecular complexity index is 873. The molecule has 0 spiro atoms. The van der Waals surface area contributed by atoms with Crippen molar-refractivity contribution < 1.29 is 18.8 Å². The van der Waals surface area contributed by atoms with E-state index < -0.39 is 17.9 Å². The van der Waals surface area contributed by atoms with Gasteiger partial charge in [-0.05, 0) is 42.9 Å². The van der Waals surface area contributed by atoms with E-state index in [1.54, 1.807) is 12.1 Å². The molecule has 2 aromatic heterocycles. The van der Waals surface area contributed by atoms with Crippen molar-refractivity contribution in [1.82, 2.24) is 14.6 Å². The van der Waals surface area contributed by atoms with Crippen molar-refractivity contribution in [3.63, 3.8) is 0 Å². The number of nitrogens with one attached hydrogen (secondary N) is 1. The van der Waals surface area contributed by atoms with E-state index in [9.17, 15) is 14.4 Å². The van der Waals surface area contributed by atoms with Crippen molar-refractivity contribution in [2.24, 2.45) is 5.73 Å². The monoisotopic (exact) mass is 419 g/mol. The average Bonchev–Trinajstić information content (AvgIpc) is 3.43. The zero-order valence-corrected chi connectivity index (χ0v) is 17.0. The number of nitrogen functional groups attached to an aromatic ring is 1. The summed E-state index contributed by atoms with van der Waals surface area (Å²) >= 11 is 0.797. The second-order valence-corrected chi connectivity index (χ2v) is 7.84. The van der Waals surface area contributed by atoms with Gasteiger partial charge in [-0.1, -0.05) is 19.8 Å². The van der Waals surface area contributed by atoms with Gasteiger partial charge in [0, 0.05) is 6.04 Å². The van der Waals surface area contributed by atoms with Crippen LogP contribution in [-0.4, -0.2) is 39.1 Å². The number of amides is 3. The van der Waals surface area contributed by atoms with E-state index >= 15 is 0 Å². The van der Waals surface area contributed by atoms with Crippen molar-refractivity contribution in [2.45, 2.75) is 57.7 Å². The zero-order valence-electron chi connectivity index (χ0n) is 16.2. The Balaban J connectivity index is 1.89. The highest BCUT2D eigenvalue weighted by atomic mass is 32.1. The Hall–Kier alpha value is -2.88. The first-order chi connectivity index (χ1) is 13.9. The fourth-order valence-corrected chi connectivity index (χ4v) is 4.33. The summed E-state index contributed by atoms with van der Waals surface area (Å²) in [5.41, 5.74) is 11.0. The molecular weight excluding hydrogens is 394 g/mol. The summed E-state index contributed by atoms with van der Waals surface area (Å²) < 4.78 is 9.29. The van der Waals surface area contributed by atoms with Crippen LogP contribution in [0, 0.1) is 0 Å².